The third kappa shape index (κ3) is 3.67. The molecule has 7 nitrogen and oxygen atoms in total. The topological polar surface area (TPSA) is 98.7 Å². The van der Waals surface area contributed by atoms with Crippen molar-refractivity contribution in [2.75, 3.05) is 5.32 Å². The number of nitrogens with one attached hydrogen (secondary N) is 1. The molecule has 2 heterocycles. The maximum Gasteiger partial charge on any atom is 0.252 e. The van der Waals surface area contributed by atoms with Crippen molar-refractivity contribution >= 4 is 11.7 Å². The van der Waals surface area contributed by atoms with Gasteiger partial charge in [0.1, 0.15) is 5.82 Å². The Kier molecular flexibility index (Phi) is 5.21. The number of aromatic nitrogens is 4. The van der Waals surface area contributed by atoms with Crippen LogP contribution in [-0.4, -0.2) is 31.7 Å². The van der Waals surface area contributed by atoms with Gasteiger partial charge in [-0.25, -0.2) is 9.97 Å². The second-order valence-corrected chi connectivity index (χ2v) is 5.45. The first-order chi connectivity index (χ1) is 10.5. The van der Waals surface area contributed by atoms with Crippen LogP contribution in [0.2, 0.25) is 0 Å². The maximum absolute atomic E-state index is 12.1. The van der Waals surface area contributed by atoms with Crippen molar-refractivity contribution in [1.82, 2.24) is 19.7 Å². The summed E-state index contributed by atoms with van der Waals surface area (Å²) in [5.74, 6) is 0.944. The zero-order valence-corrected chi connectivity index (χ0v) is 13.2. The van der Waals surface area contributed by atoms with E-state index in [1.165, 1.54) is 4.68 Å². The molecular weight excluding hydrogens is 280 g/mol. The van der Waals surface area contributed by atoms with E-state index < -0.39 is 6.04 Å². The van der Waals surface area contributed by atoms with Crippen LogP contribution in [0.5, 0.6) is 0 Å². The molecule has 3 N–H and O–H groups in total. The Labute approximate surface area is 130 Å². The number of rotatable bonds is 6. The largest absolute Gasteiger partial charge is 0.320 e. The van der Waals surface area contributed by atoms with Crippen LogP contribution in [0.3, 0.4) is 0 Å². The van der Waals surface area contributed by atoms with Gasteiger partial charge in [0.05, 0.1) is 11.7 Å². The van der Waals surface area contributed by atoms with Crippen molar-refractivity contribution in [1.29, 1.82) is 0 Å². The van der Waals surface area contributed by atoms with Crippen LogP contribution in [0.4, 0.5) is 5.82 Å². The highest BCUT2D eigenvalue weighted by Gasteiger charge is 2.18. The number of nitrogens with two attached hydrogens (primary N) is 1. The van der Waals surface area contributed by atoms with Gasteiger partial charge in [0, 0.05) is 18.5 Å². The molecule has 0 fully saturated rings. The molecule has 2 rings (SSSR count). The number of carbonyl (C=O) groups excluding carboxylic acids is 1. The Balaban J connectivity index is 2.31. The predicted octanol–water partition coefficient (Wildman–Crippen LogP) is 1.85. The van der Waals surface area contributed by atoms with Gasteiger partial charge in [-0.05, 0) is 18.4 Å². The Bertz CT molecular complexity index is 622. The molecule has 1 amide bonds. The molecule has 0 aliphatic heterocycles. The Morgan fingerprint density at radius 3 is 2.64 bits per heavy atom. The van der Waals surface area contributed by atoms with Crippen LogP contribution < -0.4 is 11.1 Å². The zero-order chi connectivity index (χ0) is 16.1. The molecule has 1 unspecified atom stereocenters. The van der Waals surface area contributed by atoms with E-state index in [1.54, 1.807) is 18.5 Å². The lowest BCUT2D eigenvalue weighted by Crippen LogP contribution is -2.36. The van der Waals surface area contributed by atoms with Gasteiger partial charge in [0.15, 0.2) is 0 Å². The molecule has 7 heteroatoms. The summed E-state index contributed by atoms with van der Waals surface area (Å²) in [5, 5.41) is 7.30. The van der Waals surface area contributed by atoms with Gasteiger partial charge in [-0.3, -0.25) is 4.79 Å². The van der Waals surface area contributed by atoms with E-state index in [4.69, 9.17) is 5.73 Å². The Morgan fingerprint density at radius 2 is 2.05 bits per heavy atom. The SMILES string of the molecule is CCCC(N)C(=O)Nc1cc(C(C)C)nn1-c1ncccn1. The van der Waals surface area contributed by atoms with Gasteiger partial charge in [0.2, 0.25) is 5.91 Å². The molecular formula is C15H22N6O. The minimum atomic E-state index is -0.535. The van der Waals surface area contributed by atoms with E-state index in [1.807, 2.05) is 26.8 Å². The summed E-state index contributed by atoms with van der Waals surface area (Å²) < 4.78 is 1.53. The lowest BCUT2D eigenvalue weighted by atomic mass is 10.1. The highest BCUT2D eigenvalue weighted by molar-refractivity contribution is 5.94. The Morgan fingerprint density at radius 1 is 1.36 bits per heavy atom. The summed E-state index contributed by atoms with van der Waals surface area (Å²) in [6.45, 7) is 6.06. The smallest absolute Gasteiger partial charge is 0.252 e. The first-order valence-electron chi connectivity index (χ1n) is 7.46. The van der Waals surface area contributed by atoms with E-state index in [0.717, 1.165) is 12.1 Å². The standard InChI is InChI=1S/C15H22N6O/c1-4-6-11(16)14(22)19-13-9-12(10(2)3)20-21(13)15-17-7-5-8-18-15/h5,7-11H,4,6,16H2,1-3H3,(H,19,22). The summed E-state index contributed by atoms with van der Waals surface area (Å²) in [4.78, 5) is 20.5. The van der Waals surface area contributed by atoms with Crippen molar-refractivity contribution in [3.63, 3.8) is 0 Å². The molecule has 0 saturated heterocycles. The molecule has 0 radical (unpaired) electrons. The average molecular weight is 302 g/mol. The van der Waals surface area contributed by atoms with Gasteiger partial charge in [0.25, 0.3) is 5.95 Å². The first kappa shape index (κ1) is 16.1. The minimum Gasteiger partial charge on any atom is -0.320 e. The fourth-order valence-corrected chi connectivity index (χ4v) is 1.98. The molecule has 0 bridgehead atoms. The van der Waals surface area contributed by atoms with Crippen molar-refractivity contribution in [3.8, 4) is 5.95 Å². The third-order valence-corrected chi connectivity index (χ3v) is 3.25. The van der Waals surface area contributed by atoms with E-state index in [-0.39, 0.29) is 11.8 Å². The highest BCUT2D eigenvalue weighted by Crippen LogP contribution is 2.20. The summed E-state index contributed by atoms with van der Waals surface area (Å²) >= 11 is 0. The fraction of sp³-hybridized carbons (Fsp3) is 0.467. The van der Waals surface area contributed by atoms with Crippen LogP contribution in [0.1, 0.15) is 45.2 Å². The fourth-order valence-electron chi connectivity index (χ4n) is 1.98. The lowest BCUT2D eigenvalue weighted by Gasteiger charge is -2.11. The maximum atomic E-state index is 12.1. The van der Waals surface area contributed by atoms with E-state index >= 15 is 0 Å². The molecule has 0 saturated carbocycles. The molecule has 0 aliphatic carbocycles. The molecule has 1 atom stereocenters. The van der Waals surface area contributed by atoms with Gasteiger partial charge in [-0.1, -0.05) is 27.2 Å². The van der Waals surface area contributed by atoms with Crippen LogP contribution >= 0.6 is 0 Å². The van der Waals surface area contributed by atoms with E-state index in [9.17, 15) is 4.79 Å². The van der Waals surface area contributed by atoms with Crippen LogP contribution in [0, 0.1) is 0 Å². The number of nitrogens with zero attached hydrogens (tertiary/aromatic N) is 4. The van der Waals surface area contributed by atoms with Crippen LogP contribution in [0.25, 0.3) is 5.95 Å². The van der Waals surface area contributed by atoms with Gasteiger partial charge in [-0.15, -0.1) is 0 Å². The summed E-state index contributed by atoms with van der Waals surface area (Å²) in [7, 11) is 0. The van der Waals surface area contributed by atoms with Crippen LogP contribution in [-0.2, 0) is 4.79 Å². The second kappa shape index (κ2) is 7.13. The number of hydrogen-bond donors (Lipinski definition) is 2. The van der Waals surface area contributed by atoms with Gasteiger partial charge >= 0.3 is 0 Å². The summed E-state index contributed by atoms with van der Waals surface area (Å²) in [6.07, 6.45) is 4.76. The summed E-state index contributed by atoms with van der Waals surface area (Å²) in [5.41, 5.74) is 6.71. The van der Waals surface area contributed by atoms with Crippen molar-refractivity contribution in [3.05, 3.63) is 30.2 Å². The number of amides is 1. The number of anilines is 1. The first-order valence-corrected chi connectivity index (χ1v) is 7.46. The molecule has 0 aliphatic rings. The van der Waals surface area contributed by atoms with Gasteiger partial charge in [-0.2, -0.15) is 9.78 Å². The zero-order valence-electron chi connectivity index (χ0n) is 13.2. The highest BCUT2D eigenvalue weighted by atomic mass is 16.2. The molecule has 2 aromatic heterocycles. The lowest BCUT2D eigenvalue weighted by molar-refractivity contribution is -0.117. The predicted molar refractivity (Wildman–Crippen MR) is 84.8 cm³/mol. The minimum absolute atomic E-state index is 0.227. The van der Waals surface area contributed by atoms with Crippen molar-refractivity contribution in [2.45, 2.75) is 45.6 Å². The van der Waals surface area contributed by atoms with Gasteiger partial charge < -0.3 is 11.1 Å². The molecule has 2 aromatic rings. The monoisotopic (exact) mass is 302 g/mol. The van der Waals surface area contributed by atoms with E-state index in [0.29, 0.717) is 18.2 Å². The normalized spacial score (nSPS) is 12.4. The van der Waals surface area contributed by atoms with Crippen molar-refractivity contribution in [2.24, 2.45) is 5.73 Å². The van der Waals surface area contributed by atoms with Crippen molar-refractivity contribution < 1.29 is 4.79 Å². The number of carbonyl (C=O) groups is 1. The van der Waals surface area contributed by atoms with Crippen LogP contribution in [0.15, 0.2) is 24.5 Å². The Hall–Kier alpha value is -2.28. The molecule has 0 aromatic carbocycles. The number of hydrogen-bond acceptors (Lipinski definition) is 5. The quantitative estimate of drug-likeness (QED) is 0.848. The average Bonchev–Trinajstić information content (AvgIpc) is 2.92. The summed E-state index contributed by atoms with van der Waals surface area (Å²) in [6, 6.07) is 3.02. The molecule has 0 spiro atoms. The molecule has 22 heavy (non-hydrogen) atoms. The second-order valence-electron chi connectivity index (χ2n) is 5.45. The molecule has 118 valence electrons. The van der Waals surface area contributed by atoms with E-state index in [2.05, 4.69) is 20.4 Å². The third-order valence-electron chi connectivity index (χ3n) is 3.25.